The van der Waals surface area contributed by atoms with Crippen LogP contribution < -0.4 is 5.32 Å². The van der Waals surface area contributed by atoms with E-state index in [4.69, 9.17) is 11.6 Å². The Labute approximate surface area is 148 Å². The monoisotopic (exact) mass is 362 g/mol. The minimum Gasteiger partial charge on any atom is -0.291 e. The van der Waals surface area contributed by atoms with Gasteiger partial charge in [0.1, 0.15) is 18.2 Å². The summed E-state index contributed by atoms with van der Waals surface area (Å²) < 4.78 is 16.0. The van der Waals surface area contributed by atoms with Crippen molar-refractivity contribution < 1.29 is 9.18 Å². The number of hydrogen-bond acceptors (Lipinski definition) is 4. The van der Waals surface area contributed by atoms with Gasteiger partial charge in [-0.25, -0.2) is 14.1 Å². The first-order valence-electron chi connectivity index (χ1n) is 7.58. The molecular weight excluding hydrogens is 347 g/mol. The number of carbonyl (C=O) groups excluding carboxylic acids is 1. The number of anilines is 1. The van der Waals surface area contributed by atoms with Gasteiger partial charge in [-0.3, -0.25) is 14.8 Å². The molecule has 0 radical (unpaired) electrons. The van der Waals surface area contributed by atoms with Crippen molar-refractivity contribution in [2.45, 2.75) is 26.4 Å². The average Bonchev–Trinajstić information content (AvgIpc) is 3.15. The highest BCUT2D eigenvalue weighted by Gasteiger charge is 2.18. The van der Waals surface area contributed by atoms with Crippen LogP contribution in [0, 0.1) is 12.7 Å². The molecule has 2 aromatic heterocycles. The number of aryl methyl sites for hydroxylation is 1. The van der Waals surface area contributed by atoms with Crippen molar-refractivity contribution in [3.05, 3.63) is 58.9 Å². The fraction of sp³-hybridized carbons (Fsp3) is 0.250. The molecule has 0 saturated carbocycles. The van der Waals surface area contributed by atoms with Crippen molar-refractivity contribution >= 4 is 23.5 Å². The molecule has 0 aliphatic carbocycles. The molecule has 1 N–H and O–H groups in total. The van der Waals surface area contributed by atoms with Gasteiger partial charge in [0.25, 0.3) is 5.91 Å². The molecule has 0 fully saturated rings. The van der Waals surface area contributed by atoms with Gasteiger partial charge < -0.3 is 0 Å². The standard InChI is InChI=1S/C16H16ClFN6O/c1-10-14(17)8-24(21-10)11(2)15(25)20-16-19-9-23(22-16)7-12-3-5-13(18)6-4-12/h3-6,8-9,11H,7H2,1-2H3,(H,20,22,25). The largest absolute Gasteiger partial charge is 0.291 e. The predicted molar refractivity (Wildman–Crippen MR) is 90.8 cm³/mol. The number of nitrogens with one attached hydrogen (secondary N) is 1. The van der Waals surface area contributed by atoms with Gasteiger partial charge in [0.05, 0.1) is 17.3 Å². The maximum atomic E-state index is 12.9. The fourth-order valence-corrected chi connectivity index (χ4v) is 2.34. The second-order valence-electron chi connectivity index (χ2n) is 5.60. The lowest BCUT2D eigenvalue weighted by molar-refractivity contribution is -0.119. The zero-order valence-electron chi connectivity index (χ0n) is 13.6. The molecule has 0 saturated heterocycles. The van der Waals surface area contributed by atoms with Crippen molar-refractivity contribution in [2.24, 2.45) is 0 Å². The molecule has 1 aromatic carbocycles. The van der Waals surface area contributed by atoms with Crippen LogP contribution in [-0.2, 0) is 11.3 Å². The number of nitrogens with zero attached hydrogens (tertiary/aromatic N) is 5. The lowest BCUT2D eigenvalue weighted by Gasteiger charge is -2.10. The van der Waals surface area contributed by atoms with E-state index in [0.717, 1.165) is 5.56 Å². The lowest BCUT2D eigenvalue weighted by atomic mass is 10.2. The molecule has 3 rings (SSSR count). The molecule has 0 aliphatic heterocycles. The third-order valence-corrected chi connectivity index (χ3v) is 4.03. The van der Waals surface area contributed by atoms with Crippen LogP contribution in [0.15, 0.2) is 36.8 Å². The van der Waals surface area contributed by atoms with Crippen LogP contribution >= 0.6 is 11.6 Å². The third kappa shape index (κ3) is 4.03. The van der Waals surface area contributed by atoms with Gasteiger partial charge in [0, 0.05) is 6.20 Å². The van der Waals surface area contributed by atoms with Crippen molar-refractivity contribution in [3.63, 3.8) is 0 Å². The second kappa shape index (κ2) is 7.02. The summed E-state index contributed by atoms with van der Waals surface area (Å²) in [6.07, 6.45) is 3.10. The summed E-state index contributed by atoms with van der Waals surface area (Å²) in [5.74, 6) is -0.411. The summed E-state index contributed by atoms with van der Waals surface area (Å²) in [4.78, 5) is 16.4. The number of carbonyl (C=O) groups is 1. The van der Waals surface area contributed by atoms with E-state index in [1.807, 2.05) is 0 Å². The van der Waals surface area contributed by atoms with Crippen LogP contribution in [0.2, 0.25) is 5.02 Å². The van der Waals surface area contributed by atoms with Gasteiger partial charge in [-0.2, -0.15) is 5.10 Å². The molecule has 130 valence electrons. The van der Waals surface area contributed by atoms with Crippen LogP contribution in [0.3, 0.4) is 0 Å². The molecule has 1 unspecified atom stereocenters. The summed E-state index contributed by atoms with van der Waals surface area (Å²) >= 11 is 5.96. The Morgan fingerprint density at radius 3 is 2.68 bits per heavy atom. The SMILES string of the molecule is Cc1nn(C(C)C(=O)Nc2ncn(Cc3ccc(F)cc3)n2)cc1Cl. The van der Waals surface area contributed by atoms with E-state index < -0.39 is 6.04 Å². The highest BCUT2D eigenvalue weighted by Crippen LogP contribution is 2.16. The number of amides is 1. The maximum Gasteiger partial charge on any atom is 0.251 e. The van der Waals surface area contributed by atoms with Crippen LogP contribution in [0.25, 0.3) is 0 Å². The van der Waals surface area contributed by atoms with E-state index in [1.165, 1.54) is 23.1 Å². The van der Waals surface area contributed by atoms with Gasteiger partial charge in [0.15, 0.2) is 0 Å². The molecule has 1 amide bonds. The maximum absolute atomic E-state index is 12.9. The number of aromatic nitrogens is 5. The molecule has 0 spiro atoms. The van der Waals surface area contributed by atoms with E-state index in [1.54, 1.807) is 36.9 Å². The number of benzene rings is 1. The lowest BCUT2D eigenvalue weighted by Crippen LogP contribution is -2.24. The third-order valence-electron chi connectivity index (χ3n) is 3.66. The van der Waals surface area contributed by atoms with E-state index in [9.17, 15) is 9.18 Å². The van der Waals surface area contributed by atoms with Crippen LogP contribution in [0.5, 0.6) is 0 Å². The Morgan fingerprint density at radius 2 is 2.04 bits per heavy atom. The van der Waals surface area contributed by atoms with Gasteiger partial charge in [-0.15, -0.1) is 5.10 Å². The second-order valence-corrected chi connectivity index (χ2v) is 6.01. The fourth-order valence-electron chi connectivity index (χ4n) is 2.20. The average molecular weight is 363 g/mol. The summed E-state index contributed by atoms with van der Waals surface area (Å²) in [6.45, 7) is 3.89. The van der Waals surface area contributed by atoms with Gasteiger partial charge in [0.2, 0.25) is 5.95 Å². The van der Waals surface area contributed by atoms with Crippen LogP contribution in [0.4, 0.5) is 10.3 Å². The van der Waals surface area contributed by atoms with Gasteiger partial charge in [-0.05, 0) is 31.5 Å². The zero-order chi connectivity index (χ0) is 18.0. The Balaban J connectivity index is 1.64. The van der Waals surface area contributed by atoms with Crippen molar-refractivity contribution in [2.75, 3.05) is 5.32 Å². The van der Waals surface area contributed by atoms with Crippen LogP contribution in [0.1, 0.15) is 24.2 Å². The molecule has 1 atom stereocenters. The highest BCUT2D eigenvalue weighted by atomic mass is 35.5. The normalized spacial score (nSPS) is 12.2. The Morgan fingerprint density at radius 1 is 1.32 bits per heavy atom. The van der Waals surface area contributed by atoms with Crippen LogP contribution in [-0.4, -0.2) is 30.5 Å². The van der Waals surface area contributed by atoms with Crippen molar-refractivity contribution in [3.8, 4) is 0 Å². The first kappa shape index (κ1) is 17.1. The summed E-state index contributed by atoms with van der Waals surface area (Å²) in [6, 6.07) is 5.54. The summed E-state index contributed by atoms with van der Waals surface area (Å²) in [5, 5.41) is 11.5. The molecule has 2 heterocycles. The topological polar surface area (TPSA) is 77.6 Å². The van der Waals surface area contributed by atoms with E-state index >= 15 is 0 Å². The molecule has 0 aliphatic rings. The Hall–Kier alpha value is -2.74. The summed E-state index contributed by atoms with van der Waals surface area (Å²) in [5.41, 5.74) is 1.53. The number of hydrogen-bond donors (Lipinski definition) is 1. The minimum absolute atomic E-state index is 0.189. The molecular formula is C16H16ClFN6O. The Kier molecular flexibility index (Phi) is 4.80. The Bertz CT molecular complexity index is 869. The first-order chi connectivity index (χ1) is 11.9. The minimum atomic E-state index is -0.560. The molecule has 9 heteroatoms. The predicted octanol–water partition coefficient (Wildman–Crippen LogP) is 2.82. The molecule has 3 aromatic rings. The van der Waals surface area contributed by atoms with E-state index in [0.29, 0.717) is 17.3 Å². The first-order valence-corrected chi connectivity index (χ1v) is 7.96. The number of rotatable bonds is 5. The van der Waals surface area contributed by atoms with Crippen molar-refractivity contribution in [1.29, 1.82) is 0 Å². The molecule has 7 nitrogen and oxygen atoms in total. The van der Waals surface area contributed by atoms with E-state index in [-0.39, 0.29) is 17.7 Å². The number of halogens is 2. The highest BCUT2D eigenvalue weighted by molar-refractivity contribution is 6.31. The molecule has 0 bridgehead atoms. The van der Waals surface area contributed by atoms with Gasteiger partial charge in [-0.1, -0.05) is 23.7 Å². The molecule has 25 heavy (non-hydrogen) atoms. The van der Waals surface area contributed by atoms with Crippen molar-refractivity contribution in [1.82, 2.24) is 24.5 Å². The van der Waals surface area contributed by atoms with Gasteiger partial charge >= 0.3 is 0 Å². The smallest absolute Gasteiger partial charge is 0.251 e. The zero-order valence-corrected chi connectivity index (χ0v) is 14.4. The van der Waals surface area contributed by atoms with E-state index in [2.05, 4.69) is 20.5 Å². The quantitative estimate of drug-likeness (QED) is 0.757. The summed E-state index contributed by atoms with van der Waals surface area (Å²) in [7, 11) is 0.